The summed E-state index contributed by atoms with van der Waals surface area (Å²) < 4.78 is 13.8. The van der Waals surface area contributed by atoms with Crippen molar-refractivity contribution >= 4 is 11.0 Å². The molecule has 2 N–H and O–H groups in total. The molecule has 2 aromatic carbocycles. The fourth-order valence-corrected chi connectivity index (χ4v) is 5.52. The van der Waals surface area contributed by atoms with E-state index in [2.05, 4.69) is 41.8 Å². The molecule has 1 aliphatic carbocycles. The third-order valence-electron chi connectivity index (χ3n) is 7.43. The highest BCUT2D eigenvalue weighted by molar-refractivity contribution is 5.74. The van der Waals surface area contributed by atoms with Crippen LogP contribution in [0.15, 0.2) is 42.5 Å². The largest absolute Gasteiger partial charge is 0.392 e. The van der Waals surface area contributed by atoms with E-state index in [4.69, 9.17) is 0 Å². The van der Waals surface area contributed by atoms with E-state index in [1.165, 1.54) is 0 Å². The SMILES string of the molecule is CC(C)C1(CCN(C)CCCCc2nc3ccccc3[nH]2)c2ccc(F)cc2CCC1O. The van der Waals surface area contributed by atoms with Crippen LogP contribution in [0.3, 0.4) is 0 Å². The minimum Gasteiger partial charge on any atom is -0.392 e. The number of para-hydroxylation sites is 2. The summed E-state index contributed by atoms with van der Waals surface area (Å²) in [6, 6.07) is 13.3. The lowest BCUT2D eigenvalue weighted by Gasteiger charge is -2.47. The van der Waals surface area contributed by atoms with Gasteiger partial charge in [-0.2, -0.15) is 0 Å². The Labute approximate surface area is 190 Å². The normalized spacial score (nSPS) is 20.9. The quantitative estimate of drug-likeness (QED) is 0.450. The first-order valence-corrected chi connectivity index (χ1v) is 12.0. The van der Waals surface area contributed by atoms with Gasteiger partial charge in [0.1, 0.15) is 11.6 Å². The molecule has 1 aromatic heterocycles. The van der Waals surface area contributed by atoms with Crippen LogP contribution in [0.25, 0.3) is 11.0 Å². The van der Waals surface area contributed by atoms with Crippen molar-refractivity contribution < 1.29 is 9.50 Å². The monoisotopic (exact) mass is 437 g/mol. The molecular weight excluding hydrogens is 401 g/mol. The molecule has 2 unspecified atom stereocenters. The van der Waals surface area contributed by atoms with E-state index in [-0.39, 0.29) is 23.3 Å². The zero-order chi connectivity index (χ0) is 22.7. The van der Waals surface area contributed by atoms with E-state index < -0.39 is 0 Å². The topological polar surface area (TPSA) is 52.2 Å². The predicted molar refractivity (Wildman–Crippen MR) is 128 cm³/mol. The molecule has 5 heteroatoms. The molecular formula is C27H36FN3O. The van der Waals surface area contributed by atoms with E-state index in [1.807, 2.05) is 24.3 Å². The number of aliphatic hydroxyl groups excluding tert-OH is 1. The molecule has 1 heterocycles. The second-order valence-electron chi connectivity index (χ2n) is 9.76. The molecule has 4 nitrogen and oxygen atoms in total. The smallest absolute Gasteiger partial charge is 0.123 e. The number of nitrogens with zero attached hydrogens (tertiary/aromatic N) is 2. The number of unbranched alkanes of at least 4 members (excludes halogenated alkanes) is 1. The number of aryl methyl sites for hydroxylation is 2. The van der Waals surface area contributed by atoms with Crippen molar-refractivity contribution in [1.29, 1.82) is 0 Å². The molecule has 32 heavy (non-hydrogen) atoms. The number of nitrogens with one attached hydrogen (secondary N) is 1. The second kappa shape index (κ2) is 9.72. The summed E-state index contributed by atoms with van der Waals surface area (Å²) in [5, 5.41) is 11.1. The van der Waals surface area contributed by atoms with Gasteiger partial charge in [0, 0.05) is 11.8 Å². The minimum atomic E-state index is -0.387. The van der Waals surface area contributed by atoms with Crippen LogP contribution in [0.2, 0.25) is 0 Å². The Kier molecular flexibility index (Phi) is 6.96. The number of halogens is 1. The average Bonchev–Trinajstić information content (AvgIpc) is 3.19. The molecule has 2 atom stereocenters. The first kappa shape index (κ1) is 22.9. The summed E-state index contributed by atoms with van der Waals surface area (Å²) in [6.45, 7) is 6.31. The van der Waals surface area contributed by atoms with E-state index in [1.54, 1.807) is 12.1 Å². The number of aliphatic hydroxyl groups is 1. The predicted octanol–water partition coefficient (Wildman–Crippen LogP) is 5.25. The zero-order valence-corrected chi connectivity index (χ0v) is 19.6. The van der Waals surface area contributed by atoms with Crippen molar-refractivity contribution in [2.45, 2.75) is 63.9 Å². The molecule has 0 amide bonds. The Hall–Kier alpha value is -2.24. The van der Waals surface area contributed by atoms with Crippen LogP contribution in [0, 0.1) is 11.7 Å². The van der Waals surface area contributed by atoms with Gasteiger partial charge in [0.2, 0.25) is 0 Å². The van der Waals surface area contributed by atoms with E-state index in [0.717, 1.165) is 73.2 Å². The lowest BCUT2D eigenvalue weighted by Crippen LogP contribution is -2.49. The van der Waals surface area contributed by atoms with Gasteiger partial charge in [0.05, 0.1) is 17.1 Å². The molecule has 3 aromatic rings. The number of hydrogen-bond acceptors (Lipinski definition) is 3. The summed E-state index contributed by atoms with van der Waals surface area (Å²) in [5.41, 5.74) is 4.03. The average molecular weight is 438 g/mol. The highest BCUT2D eigenvalue weighted by atomic mass is 19.1. The van der Waals surface area contributed by atoms with Gasteiger partial charge in [-0.1, -0.05) is 32.0 Å². The number of aromatic amines is 1. The summed E-state index contributed by atoms with van der Waals surface area (Å²) in [6.07, 6.45) is 5.09. The van der Waals surface area contributed by atoms with Gasteiger partial charge in [-0.15, -0.1) is 0 Å². The van der Waals surface area contributed by atoms with Crippen molar-refractivity contribution in [3.05, 3.63) is 65.2 Å². The summed E-state index contributed by atoms with van der Waals surface area (Å²) in [7, 11) is 2.16. The van der Waals surface area contributed by atoms with Crippen molar-refractivity contribution in [3.8, 4) is 0 Å². The fraction of sp³-hybridized carbons (Fsp3) is 0.519. The highest BCUT2D eigenvalue weighted by Gasteiger charge is 2.45. The van der Waals surface area contributed by atoms with Crippen molar-refractivity contribution in [3.63, 3.8) is 0 Å². The third kappa shape index (κ3) is 4.60. The number of fused-ring (bicyclic) bond motifs is 2. The number of benzene rings is 2. The zero-order valence-electron chi connectivity index (χ0n) is 19.6. The van der Waals surface area contributed by atoms with Crippen LogP contribution in [-0.2, 0) is 18.3 Å². The molecule has 172 valence electrons. The van der Waals surface area contributed by atoms with Gasteiger partial charge in [-0.05, 0) is 93.6 Å². The summed E-state index contributed by atoms with van der Waals surface area (Å²) in [5.74, 6) is 1.16. The van der Waals surface area contributed by atoms with Crippen LogP contribution < -0.4 is 0 Å². The Bertz CT molecular complexity index is 1010. The summed E-state index contributed by atoms with van der Waals surface area (Å²) in [4.78, 5) is 10.4. The number of imidazole rings is 1. The van der Waals surface area contributed by atoms with Gasteiger partial charge in [0.25, 0.3) is 0 Å². The lowest BCUT2D eigenvalue weighted by molar-refractivity contribution is 0.0231. The van der Waals surface area contributed by atoms with Gasteiger partial charge in [0.15, 0.2) is 0 Å². The van der Waals surface area contributed by atoms with Crippen LogP contribution >= 0.6 is 0 Å². The molecule has 1 aliphatic rings. The second-order valence-corrected chi connectivity index (χ2v) is 9.76. The van der Waals surface area contributed by atoms with E-state index in [9.17, 15) is 9.50 Å². The van der Waals surface area contributed by atoms with Gasteiger partial charge >= 0.3 is 0 Å². The Morgan fingerprint density at radius 2 is 2.00 bits per heavy atom. The molecule has 0 saturated carbocycles. The molecule has 4 rings (SSSR count). The van der Waals surface area contributed by atoms with E-state index >= 15 is 0 Å². The Morgan fingerprint density at radius 1 is 1.19 bits per heavy atom. The standard InChI is InChI=1S/C27H36FN3O/c1-19(2)27(22-13-12-21(28)18-20(22)11-14-25(27)32)15-17-31(3)16-7-6-10-26-29-23-8-4-5-9-24(23)30-26/h4-5,8-9,12-13,18-19,25,32H,6-7,10-11,14-17H2,1-3H3,(H,29,30). The maximum absolute atomic E-state index is 13.8. The molecule has 0 spiro atoms. The first-order valence-electron chi connectivity index (χ1n) is 12.0. The number of aromatic nitrogens is 2. The lowest BCUT2D eigenvalue weighted by atomic mass is 9.60. The maximum atomic E-state index is 13.8. The molecule has 0 saturated heterocycles. The summed E-state index contributed by atoms with van der Waals surface area (Å²) >= 11 is 0. The van der Waals surface area contributed by atoms with Crippen molar-refractivity contribution in [2.75, 3.05) is 20.1 Å². The van der Waals surface area contributed by atoms with Gasteiger partial charge in [-0.3, -0.25) is 0 Å². The van der Waals surface area contributed by atoms with Gasteiger partial charge in [-0.25, -0.2) is 9.37 Å². The van der Waals surface area contributed by atoms with Crippen LogP contribution in [0.1, 0.15) is 56.5 Å². The number of H-pyrrole nitrogens is 1. The highest BCUT2D eigenvalue weighted by Crippen LogP contribution is 2.45. The molecule has 0 fully saturated rings. The van der Waals surface area contributed by atoms with Crippen LogP contribution in [0.5, 0.6) is 0 Å². The van der Waals surface area contributed by atoms with Crippen molar-refractivity contribution in [1.82, 2.24) is 14.9 Å². The van der Waals surface area contributed by atoms with Gasteiger partial charge < -0.3 is 15.0 Å². The molecule has 0 bridgehead atoms. The number of hydrogen-bond donors (Lipinski definition) is 2. The molecule has 0 aliphatic heterocycles. The Morgan fingerprint density at radius 3 is 2.78 bits per heavy atom. The fourth-order valence-electron chi connectivity index (χ4n) is 5.52. The maximum Gasteiger partial charge on any atom is 0.123 e. The first-order chi connectivity index (χ1) is 15.4. The third-order valence-corrected chi connectivity index (χ3v) is 7.43. The van der Waals surface area contributed by atoms with E-state index in [0.29, 0.717) is 6.42 Å². The van der Waals surface area contributed by atoms with Crippen LogP contribution in [-0.4, -0.2) is 46.2 Å². The Balaban J connectivity index is 1.33. The number of rotatable bonds is 9. The van der Waals surface area contributed by atoms with Crippen LogP contribution in [0.4, 0.5) is 4.39 Å². The van der Waals surface area contributed by atoms with Crippen molar-refractivity contribution in [2.24, 2.45) is 5.92 Å². The minimum absolute atomic E-state index is 0.181. The molecule has 0 radical (unpaired) electrons.